The van der Waals surface area contributed by atoms with Crippen LogP contribution in [-0.2, 0) is 11.8 Å². The van der Waals surface area contributed by atoms with Gasteiger partial charge >= 0.3 is 0 Å². The SMILES string of the molecule is CCCCNC(=O)CSc1ncc(-c2ccccc2)n1C. The van der Waals surface area contributed by atoms with Crippen molar-refractivity contribution >= 4 is 17.7 Å². The van der Waals surface area contributed by atoms with E-state index in [9.17, 15) is 4.79 Å². The minimum absolute atomic E-state index is 0.0673. The Bertz CT molecular complexity index is 580. The smallest absolute Gasteiger partial charge is 0.230 e. The van der Waals surface area contributed by atoms with E-state index in [4.69, 9.17) is 0 Å². The Morgan fingerprint density at radius 1 is 1.33 bits per heavy atom. The number of carbonyl (C=O) groups excluding carboxylic acids is 1. The molecule has 0 spiro atoms. The lowest BCUT2D eigenvalue weighted by Crippen LogP contribution is -2.26. The predicted molar refractivity (Wildman–Crippen MR) is 87.3 cm³/mol. The quantitative estimate of drug-likeness (QED) is 0.631. The van der Waals surface area contributed by atoms with E-state index in [1.807, 2.05) is 36.0 Å². The van der Waals surface area contributed by atoms with Gasteiger partial charge in [0, 0.05) is 13.6 Å². The Kier molecular flexibility index (Phi) is 5.87. The van der Waals surface area contributed by atoms with E-state index < -0.39 is 0 Å². The number of carbonyl (C=O) groups is 1. The van der Waals surface area contributed by atoms with Crippen LogP contribution >= 0.6 is 11.8 Å². The summed E-state index contributed by atoms with van der Waals surface area (Å²) in [4.78, 5) is 16.1. The first-order valence-electron chi connectivity index (χ1n) is 7.19. The molecule has 2 aromatic rings. The molecule has 0 saturated heterocycles. The van der Waals surface area contributed by atoms with Crippen molar-refractivity contribution in [3.63, 3.8) is 0 Å². The zero-order chi connectivity index (χ0) is 15.1. The number of imidazole rings is 1. The minimum atomic E-state index is 0.0673. The van der Waals surface area contributed by atoms with Gasteiger partial charge in [-0.1, -0.05) is 55.4 Å². The van der Waals surface area contributed by atoms with Gasteiger partial charge < -0.3 is 9.88 Å². The van der Waals surface area contributed by atoms with E-state index >= 15 is 0 Å². The lowest BCUT2D eigenvalue weighted by atomic mass is 10.2. The molecular formula is C16H21N3OS. The van der Waals surface area contributed by atoms with E-state index in [0.29, 0.717) is 5.75 Å². The molecule has 0 bridgehead atoms. The van der Waals surface area contributed by atoms with E-state index in [0.717, 1.165) is 35.8 Å². The maximum atomic E-state index is 11.7. The van der Waals surface area contributed by atoms with Crippen molar-refractivity contribution in [1.29, 1.82) is 0 Å². The summed E-state index contributed by atoms with van der Waals surface area (Å²) in [6, 6.07) is 10.1. The van der Waals surface area contributed by atoms with Crippen molar-refractivity contribution in [2.24, 2.45) is 7.05 Å². The molecule has 0 aliphatic rings. The molecule has 21 heavy (non-hydrogen) atoms. The zero-order valence-corrected chi connectivity index (χ0v) is 13.3. The Morgan fingerprint density at radius 3 is 2.81 bits per heavy atom. The molecular weight excluding hydrogens is 282 g/mol. The average molecular weight is 303 g/mol. The molecule has 5 heteroatoms. The van der Waals surface area contributed by atoms with Crippen LogP contribution in [-0.4, -0.2) is 27.8 Å². The van der Waals surface area contributed by atoms with Crippen molar-refractivity contribution < 1.29 is 4.79 Å². The minimum Gasteiger partial charge on any atom is -0.355 e. The third-order valence-corrected chi connectivity index (χ3v) is 4.24. The Balaban J connectivity index is 1.93. The van der Waals surface area contributed by atoms with Gasteiger partial charge in [0.2, 0.25) is 5.91 Å². The van der Waals surface area contributed by atoms with Crippen LogP contribution in [0.2, 0.25) is 0 Å². The second kappa shape index (κ2) is 7.88. The van der Waals surface area contributed by atoms with Gasteiger partial charge in [-0.15, -0.1) is 0 Å². The van der Waals surface area contributed by atoms with Gasteiger partial charge in [0.1, 0.15) is 0 Å². The van der Waals surface area contributed by atoms with E-state index in [1.54, 1.807) is 0 Å². The summed E-state index contributed by atoms with van der Waals surface area (Å²) < 4.78 is 2.03. The maximum Gasteiger partial charge on any atom is 0.230 e. The number of hydrogen-bond donors (Lipinski definition) is 1. The van der Waals surface area contributed by atoms with Gasteiger partial charge in [-0.05, 0) is 12.0 Å². The molecule has 1 aromatic heterocycles. The van der Waals surface area contributed by atoms with Crippen LogP contribution in [0.15, 0.2) is 41.7 Å². The highest BCUT2D eigenvalue weighted by Gasteiger charge is 2.10. The van der Waals surface area contributed by atoms with Crippen molar-refractivity contribution in [3.05, 3.63) is 36.5 Å². The summed E-state index contributed by atoms with van der Waals surface area (Å²) in [6.45, 7) is 2.87. The lowest BCUT2D eigenvalue weighted by molar-refractivity contribution is -0.118. The van der Waals surface area contributed by atoms with Crippen molar-refractivity contribution in [3.8, 4) is 11.3 Å². The number of benzene rings is 1. The molecule has 0 atom stereocenters. The number of amides is 1. The van der Waals surface area contributed by atoms with Gasteiger partial charge in [0.05, 0.1) is 17.6 Å². The van der Waals surface area contributed by atoms with Crippen molar-refractivity contribution in [2.45, 2.75) is 24.9 Å². The average Bonchev–Trinajstić information content (AvgIpc) is 2.87. The molecule has 0 saturated carbocycles. The van der Waals surface area contributed by atoms with Crippen LogP contribution in [0.3, 0.4) is 0 Å². The van der Waals surface area contributed by atoms with Crippen LogP contribution in [0.4, 0.5) is 0 Å². The second-order valence-corrected chi connectivity index (χ2v) is 5.79. The normalized spacial score (nSPS) is 10.6. The molecule has 1 amide bonds. The summed E-state index contributed by atoms with van der Waals surface area (Å²) in [5, 5.41) is 3.78. The Hall–Kier alpha value is -1.75. The molecule has 0 fully saturated rings. The largest absolute Gasteiger partial charge is 0.355 e. The second-order valence-electron chi connectivity index (χ2n) is 4.84. The highest BCUT2D eigenvalue weighted by atomic mass is 32.2. The van der Waals surface area contributed by atoms with Gasteiger partial charge in [0.25, 0.3) is 0 Å². The zero-order valence-electron chi connectivity index (χ0n) is 12.5. The summed E-state index contributed by atoms with van der Waals surface area (Å²) in [5.74, 6) is 0.473. The molecule has 1 aromatic carbocycles. The fourth-order valence-corrected chi connectivity index (χ4v) is 2.77. The van der Waals surface area contributed by atoms with Crippen molar-refractivity contribution in [2.75, 3.05) is 12.3 Å². The number of nitrogens with one attached hydrogen (secondary N) is 1. The highest BCUT2D eigenvalue weighted by Crippen LogP contribution is 2.24. The van der Waals surface area contributed by atoms with Gasteiger partial charge in [-0.2, -0.15) is 0 Å². The summed E-state index contributed by atoms with van der Waals surface area (Å²) >= 11 is 1.47. The van der Waals surface area contributed by atoms with Crippen LogP contribution in [0.5, 0.6) is 0 Å². The fraction of sp³-hybridized carbons (Fsp3) is 0.375. The number of nitrogens with zero attached hydrogens (tertiary/aromatic N) is 2. The number of rotatable bonds is 7. The Labute approximate surface area is 130 Å². The molecule has 0 radical (unpaired) electrons. The predicted octanol–water partition coefficient (Wildman–Crippen LogP) is 3.10. The van der Waals surface area contributed by atoms with E-state index in [1.165, 1.54) is 11.8 Å². The molecule has 4 nitrogen and oxygen atoms in total. The summed E-state index contributed by atoms with van der Waals surface area (Å²) in [5.41, 5.74) is 2.19. The standard InChI is InChI=1S/C16H21N3OS/c1-3-4-10-17-15(20)12-21-16-18-11-14(19(16)2)13-8-6-5-7-9-13/h5-9,11H,3-4,10,12H2,1-2H3,(H,17,20). The summed E-state index contributed by atoms with van der Waals surface area (Å²) in [7, 11) is 1.98. The third-order valence-electron chi connectivity index (χ3n) is 3.20. The first-order chi connectivity index (χ1) is 10.2. The number of thioether (sulfide) groups is 1. The molecule has 0 aliphatic heterocycles. The molecule has 112 valence electrons. The maximum absolute atomic E-state index is 11.7. The fourth-order valence-electron chi connectivity index (χ4n) is 1.99. The van der Waals surface area contributed by atoms with Gasteiger partial charge in [-0.25, -0.2) is 4.98 Å². The molecule has 0 aliphatic carbocycles. The van der Waals surface area contributed by atoms with Crippen LogP contribution in [0.1, 0.15) is 19.8 Å². The first kappa shape index (κ1) is 15.6. The number of aromatic nitrogens is 2. The monoisotopic (exact) mass is 303 g/mol. The van der Waals surface area contributed by atoms with Gasteiger partial charge in [0.15, 0.2) is 5.16 Å². The highest BCUT2D eigenvalue weighted by molar-refractivity contribution is 7.99. The number of hydrogen-bond acceptors (Lipinski definition) is 3. The molecule has 2 rings (SSSR count). The lowest BCUT2D eigenvalue weighted by Gasteiger charge is -2.06. The van der Waals surface area contributed by atoms with Crippen molar-refractivity contribution in [1.82, 2.24) is 14.9 Å². The van der Waals surface area contributed by atoms with E-state index in [2.05, 4.69) is 29.4 Å². The van der Waals surface area contributed by atoms with Crippen LogP contribution < -0.4 is 5.32 Å². The van der Waals surface area contributed by atoms with E-state index in [-0.39, 0.29) is 5.91 Å². The molecule has 0 unspecified atom stereocenters. The first-order valence-corrected chi connectivity index (χ1v) is 8.17. The topological polar surface area (TPSA) is 46.9 Å². The van der Waals surface area contributed by atoms with Crippen LogP contribution in [0.25, 0.3) is 11.3 Å². The molecule has 1 heterocycles. The van der Waals surface area contributed by atoms with Gasteiger partial charge in [-0.3, -0.25) is 4.79 Å². The third kappa shape index (κ3) is 4.36. The number of unbranched alkanes of at least 4 members (excludes halogenated alkanes) is 1. The summed E-state index contributed by atoms with van der Waals surface area (Å²) in [6.07, 6.45) is 3.97. The molecule has 1 N–H and O–H groups in total. The van der Waals surface area contributed by atoms with Crippen LogP contribution in [0, 0.1) is 0 Å². The Morgan fingerprint density at radius 2 is 2.10 bits per heavy atom.